The molecule has 0 aromatic heterocycles. The van der Waals surface area contributed by atoms with Gasteiger partial charge >= 0.3 is 0 Å². The van der Waals surface area contributed by atoms with Gasteiger partial charge < -0.3 is 9.84 Å². The molecule has 0 amide bonds. The number of ketones is 1. The monoisotopic (exact) mass is 260 g/mol. The molecule has 2 rings (SSSR count). The molecule has 4 heteroatoms. The highest BCUT2D eigenvalue weighted by Gasteiger charge is 2.08. The minimum absolute atomic E-state index is 0.0370. The lowest BCUT2D eigenvalue weighted by molar-refractivity contribution is 0.101. The summed E-state index contributed by atoms with van der Waals surface area (Å²) in [7, 11) is 0. The van der Waals surface area contributed by atoms with Gasteiger partial charge in [-0.25, -0.2) is 4.39 Å². The van der Waals surface area contributed by atoms with Crippen LogP contribution in [0.15, 0.2) is 42.5 Å². The van der Waals surface area contributed by atoms with Crippen LogP contribution in [0.4, 0.5) is 4.39 Å². The number of phenols is 1. The third-order valence-corrected chi connectivity index (χ3v) is 2.71. The van der Waals surface area contributed by atoms with Crippen LogP contribution in [0.2, 0.25) is 0 Å². The summed E-state index contributed by atoms with van der Waals surface area (Å²) in [5.74, 6) is -0.499. The molecule has 2 aromatic carbocycles. The molecule has 0 aliphatic carbocycles. The molecule has 19 heavy (non-hydrogen) atoms. The Morgan fingerprint density at radius 1 is 1.26 bits per heavy atom. The Labute approximate surface area is 110 Å². The highest BCUT2D eigenvalue weighted by molar-refractivity contribution is 5.94. The lowest BCUT2D eigenvalue weighted by Gasteiger charge is -2.08. The van der Waals surface area contributed by atoms with Crippen LogP contribution in [0.5, 0.6) is 11.5 Å². The van der Waals surface area contributed by atoms with Crippen molar-refractivity contribution in [3.63, 3.8) is 0 Å². The maximum atomic E-state index is 13.6. The van der Waals surface area contributed by atoms with Crippen molar-refractivity contribution in [2.24, 2.45) is 0 Å². The van der Waals surface area contributed by atoms with Crippen LogP contribution in [0, 0.1) is 5.82 Å². The van der Waals surface area contributed by atoms with Crippen LogP contribution < -0.4 is 4.74 Å². The zero-order chi connectivity index (χ0) is 13.8. The Hall–Kier alpha value is -2.36. The van der Waals surface area contributed by atoms with E-state index in [1.165, 1.54) is 19.1 Å². The predicted molar refractivity (Wildman–Crippen MR) is 68.8 cm³/mol. The SMILES string of the molecule is CC(=O)c1ccc(OCc2ccccc2O)cc1F. The number of carbonyl (C=O) groups excluding carboxylic acids is 1. The van der Waals surface area contributed by atoms with Gasteiger partial charge in [-0.1, -0.05) is 18.2 Å². The van der Waals surface area contributed by atoms with Gasteiger partial charge in [-0.15, -0.1) is 0 Å². The Bertz CT molecular complexity index is 608. The van der Waals surface area contributed by atoms with Crippen LogP contribution in [0.1, 0.15) is 22.8 Å². The van der Waals surface area contributed by atoms with E-state index in [1.54, 1.807) is 24.3 Å². The number of Topliss-reactive ketones (excluding diaryl/α,β-unsaturated/α-hetero) is 1. The van der Waals surface area contributed by atoms with Gasteiger partial charge in [0.1, 0.15) is 23.9 Å². The topological polar surface area (TPSA) is 46.5 Å². The number of aromatic hydroxyl groups is 1. The lowest BCUT2D eigenvalue weighted by atomic mass is 10.1. The van der Waals surface area contributed by atoms with E-state index in [1.807, 2.05) is 0 Å². The molecule has 0 aliphatic rings. The molecule has 0 fully saturated rings. The van der Waals surface area contributed by atoms with Crippen LogP contribution in [-0.2, 0) is 6.61 Å². The maximum Gasteiger partial charge on any atom is 0.162 e. The first kappa shape index (κ1) is 13.1. The zero-order valence-electron chi connectivity index (χ0n) is 10.4. The van der Waals surface area contributed by atoms with E-state index in [4.69, 9.17) is 4.74 Å². The molecule has 0 saturated carbocycles. The largest absolute Gasteiger partial charge is 0.508 e. The molecule has 3 nitrogen and oxygen atoms in total. The number of rotatable bonds is 4. The predicted octanol–water partition coefficient (Wildman–Crippen LogP) is 3.31. The molecule has 0 unspecified atom stereocenters. The first-order valence-electron chi connectivity index (χ1n) is 5.78. The molecular formula is C15H13FO3. The van der Waals surface area contributed by atoms with E-state index in [9.17, 15) is 14.3 Å². The van der Waals surface area contributed by atoms with E-state index in [-0.39, 0.29) is 23.7 Å². The summed E-state index contributed by atoms with van der Waals surface area (Å²) in [6, 6.07) is 10.8. The van der Waals surface area contributed by atoms with Crippen LogP contribution in [0.3, 0.4) is 0 Å². The van der Waals surface area contributed by atoms with Gasteiger partial charge in [0.2, 0.25) is 0 Å². The number of hydrogen-bond acceptors (Lipinski definition) is 3. The second-order valence-electron chi connectivity index (χ2n) is 4.12. The number of phenolic OH excluding ortho intramolecular Hbond substituents is 1. The van der Waals surface area contributed by atoms with Crippen molar-refractivity contribution in [3.05, 3.63) is 59.4 Å². The molecule has 0 heterocycles. The fourth-order valence-corrected chi connectivity index (χ4v) is 1.67. The number of hydrogen-bond donors (Lipinski definition) is 1. The average Bonchev–Trinajstić information content (AvgIpc) is 2.37. The Morgan fingerprint density at radius 2 is 2.00 bits per heavy atom. The normalized spacial score (nSPS) is 10.2. The van der Waals surface area contributed by atoms with Crippen molar-refractivity contribution in [2.45, 2.75) is 13.5 Å². The van der Waals surface area contributed by atoms with E-state index < -0.39 is 5.82 Å². The Balaban J connectivity index is 2.11. The number of ether oxygens (including phenoxy) is 1. The van der Waals surface area contributed by atoms with E-state index >= 15 is 0 Å². The number of para-hydroxylation sites is 1. The van der Waals surface area contributed by atoms with E-state index in [2.05, 4.69) is 0 Å². The van der Waals surface area contributed by atoms with E-state index in [0.717, 1.165) is 6.07 Å². The van der Waals surface area contributed by atoms with Gasteiger partial charge in [0, 0.05) is 11.6 Å². The van der Waals surface area contributed by atoms with Gasteiger partial charge in [-0.3, -0.25) is 4.79 Å². The average molecular weight is 260 g/mol. The Kier molecular flexibility index (Phi) is 3.80. The number of halogens is 1. The van der Waals surface area contributed by atoms with Crippen molar-refractivity contribution < 1.29 is 19.0 Å². The molecule has 0 atom stereocenters. The summed E-state index contributed by atoms with van der Waals surface area (Å²) in [5, 5.41) is 9.56. The smallest absolute Gasteiger partial charge is 0.162 e. The highest BCUT2D eigenvalue weighted by Crippen LogP contribution is 2.21. The number of carbonyl (C=O) groups is 1. The van der Waals surface area contributed by atoms with Gasteiger partial charge in [0.15, 0.2) is 5.78 Å². The van der Waals surface area contributed by atoms with Crippen molar-refractivity contribution >= 4 is 5.78 Å². The molecule has 0 radical (unpaired) electrons. The van der Waals surface area contributed by atoms with Crippen LogP contribution >= 0.6 is 0 Å². The van der Waals surface area contributed by atoms with Crippen molar-refractivity contribution in [1.29, 1.82) is 0 Å². The molecule has 2 aromatic rings. The minimum atomic E-state index is -0.609. The first-order valence-corrected chi connectivity index (χ1v) is 5.78. The van der Waals surface area contributed by atoms with Gasteiger partial charge in [0.25, 0.3) is 0 Å². The Morgan fingerprint density at radius 3 is 2.63 bits per heavy atom. The highest BCUT2D eigenvalue weighted by atomic mass is 19.1. The quantitative estimate of drug-likeness (QED) is 0.858. The standard InChI is InChI=1S/C15H13FO3/c1-10(17)13-7-6-12(8-14(13)16)19-9-11-4-2-3-5-15(11)18/h2-8,18H,9H2,1H3. The van der Waals surface area contributed by atoms with Gasteiger partial charge in [-0.2, -0.15) is 0 Å². The van der Waals surface area contributed by atoms with Crippen LogP contribution in [-0.4, -0.2) is 10.9 Å². The summed E-state index contributed by atoms with van der Waals surface area (Å²) in [6.45, 7) is 1.44. The third kappa shape index (κ3) is 3.10. The van der Waals surface area contributed by atoms with Crippen molar-refractivity contribution in [2.75, 3.05) is 0 Å². The summed E-state index contributed by atoms with van der Waals surface area (Å²) in [4.78, 5) is 11.1. The van der Waals surface area contributed by atoms with Crippen LogP contribution in [0.25, 0.3) is 0 Å². The fourth-order valence-electron chi connectivity index (χ4n) is 1.67. The molecular weight excluding hydrogens is 247 g/mol. The lowest BCUT2D eigenvalue weighted by Crippen LogP contribution is -2.00. The second-order valence-corrected chi connectivity index (χ2v) is 4.12. The van der Waals surface area contributed by atoms with Crippen molar-refractivity contribution in [3.8, 4) is 11.5 Å². The second kappa shape index (κ2) is 5.52. The number of benzene rings is 2. The maximum absolute atomic E-state index is 13.6. The molecule has 0 aliphatic heterocycles. The first-order chi connectivity index (χ1) is 9.08. The summed E-state index contributed by atoms with van der Waals surface area (Å²) < 4.78 is 18.9. The third-order valence-electron chi connectivity index (χ3n) is 2.71. The molecule has 1 N–H and O–H groups in total. The molecule has 0 spiro atoms. The molecule has 98 valence electrons. The summed E-state index contributed by atoms with van der Waals surface area (Å²) in [5.41, 5.74) is 0.647. The fraction of sp³-hybridized carbons (Fsp3) is 0.133. The van der Waals surface area contributed by atoms with Gasteiger partial charge in [-0.05, 0) is 25.1 Å². The molecule has 0 saturated heterocycles. The van der Waals surface area contributed by atoms with Crippen molar-refractivity contribution in [1.82, 2.24) is 0 Å². The summed E-state index contributed by atoms with van der Waals surface area (Å²) in [6.07, 6.45) is 0. The zero-order valence-corrected chi connectivity index (χ0v) is 10.4. The van der Waals surface area contributed by atoms with Gasteiger partial charge in [0.05, 0.1) is 5.56 Å². The summed E-state index contributed by atoms with van der Waals surface area (Å²) >= 11 is 0. The van der Waals surface area contributed by atoms with E-state index in [0.29, 0.717) is 11.3 Å². The molecule has 0 bridgehead atoms. The minimum Gasteiger partial charge on any atom is -0.508 e.